The second-order valence-corrected chi connectivity index (χ2v) is 3.77. The van der Waals surface area contributed by atoms with Crippen molar-refractivity contribution < 1.29 is 14.3 Å². The average molecular weight is 214 g/mol. The molecule has 86 valence electrons. The molecule has 3 N–H and O–H groups in total. The van der Waals surface area contributed by atoms with E-state index >= 15 is 0 Å². The van der Waals surface area contributed by atoms with Gasteiger partial charge >= 0.3 is 0 Å². The molecule has 0 bridgehead atoms. The van der Waals surface area contributed by atoms with Crippen LogP contribution in [-0.4, -0.2) is 31.1 Å². The first-order chi connectivity index (χ1) is 7.18. The van der Waals surface area contributed by atoms with Crippen molar-refractivity contribution in [3.8, 4) is 0 Å². The number of carbonyl (C=O) groups excluding carboxylic acids is 2. The molecule has 1 unspecified atom stereocenters. The Balaban J connectivity index is 2.07. The van der Waals surface area contributed by atoms with Crippen LogP contribution in [0.1, 0.15) is 32.1 Å². The van der Waals surface area contributed by atoms with Crippen LogP contribution in [0.3, 0.4) is 0 Å². The number of nitrogens with one attached hydrogen (secondary N) is 1. The largest absolute Gasteiger partial charge is 0.378 e. The van der Waals surface area contributed by atoms with Crippen LogP contribution in [0.15, 0.2) is 0 Å². The molecule has 2 amide bonds. The molecule has 1 saturated heterocycles. The van der Waals surface area contributed by atoms with E-state index in [9.17, 15) is 9.59 Å². The zero-order valence-corrected chi connectivity index (χ0v) is 8.83. The van der Waals surface area contributed by atoms with Gasteiger partial charge in [-0.05, 0) is 25.7 Å². The summed E-state index contributed by atoms with van der Waals surface area (Å²) in [6.45, 7) is 0.720. The van der Waals surface area contributed by atoms with E-state index in [1.165, 1.54) is 6.42 Å². The predicted molar refractivity (Wildman–Crippen MR) is 55.0 cm³/mol. The summed E-state index contributed by atoms with van der Waals surface area (Å²) in [7, 11) is 0. The van der Waals surface area contributed by atoms with Gasteiger partial charge in [0.15, 0.2) is 0 Å². The van der Waals surface area contributed by atoms with Gasteiger partial charge in [0, 0.05) is 13.0 Å². The summed E-state index contributed by atoms with van der Waals surface area (Å²) in [5, 5.41) is 2.45. The molecule has 0 aromatic heterocycles. The Morgan fingerprint density at radius 3 is 2.80 bits per heavy atom. The molecule has 0 saturated carbocycles. The van der Waals surface area contributed by atoms with Gasteiger partial charge in [-0.15, -0.1) is 0 Å². The molecule has 0 spiro atoms. The SMILES string of the molecule is NC(=O)CNC(=O)CCC1CCCCO1. The van der Waals surface area contributed by atoms with E-state index in [-0.39, 0.29) is 18.6 Å². The number of amides is 2. The highest BCUT2D eigenvalue weighted by atomic mass is 16.5. The van der Waals surface area contributed by atoms with Crippen LogP contribution in [0.4, 0.5) is 0 Å². The minimum absolute atomic E-state index is 0.0790. The minimum atomic E-state index is -0.516. The van der Waals surface area contributed by atoms with Crippen molar-refractivity contribution in [2.75, 3.05) is 13.2 Å². The molecule has 0 aromatic carbocycles. The van der Waals surface area contributed by atoms with Gasteiger partial charge in [0.25, 0.3) is 0 Å². The topological polar surface area (TPSA) is 81.4 Å². The highest BCUT2D eigenvalue weighted by molar-refractivity contribution is 5.83. The Hall–Kier alpha value is -1.10. The Morgan fingerprint density at radius 1 is 1.40 bits per heavy atom. The van der Waals surface area contributed by atoms with Gasteiger partial charge < -0.3 is 15.8 Å². The van der Waals surface area contributed by atoms with Gasteiger partial charge in [-0.3, -0.25) is 9.59 Å². The molecule has 0 radical (unpaired) electrons. The summed E-state index contributed by atoms with van der Waals surface area (Å²) in [5.41, 5.74) is 4.90. The van der Waals surface area contributed by atoms with Gasteiger partial charge in [-0.2, -0.15) is 0 Å². The number of carbonyl (C=O) groups is 2. The van der Waals surface area contributed by atoms with Crippen LogP contribution in [0.2, 0.25) is 0 Å². The molecule has 1 rings (SSSR count). The lowest BCUT2D eigenvalue weighted by Gasteiger charge is -2.22. The van der Waals surface area contributed by atoms with Crippen LogP contribution in [0, 0.1) is 0 Å². The molecule has 0 aromatic rings. The third-order valence-electron chi connectivity index (χ3n) is 2.43. The second kappa shape index (κ2) is 6.40. The van der Waals surface area contributed by atoms with Gasteiger partial charge in [0.2, 0.25) is 11.8 Å². The molecule has 5 heteroatoms. The summed E-state index contributed by atoms with van der Waals surface area (Å²) < 4.78 is 5.48. The van der Waals surface area contributed by atoms with E-state index in [1.54, 1.807) is 0 Å². The van der Waals surface area contributed by atoms with Gasteiger partial charge in [0.05, 0.1) is 12.6 Å². The van der Waals surface area contributed by atoms with E-state index < -0.39 is 5.91 Å². The lowest BCUT2D eigenvalue weighted by molar-refractivity contribution is -0.125. The third kappa shape index (κ3) is 5.37. The number of hydrogen-bond acceptors (Lipinski definition) is 3. The first-order valence-corrected chi connectivity index (χ1v) is 5.35. The Labute approximate surface area is 89.3 Å². The smallest absolute Gasteiger partial charge is 0.236 e. The Bertz CT molecular complexity index is 225. The van der Waals surface area contributed by atoms with E-state index in [0.29, 0.717) is 6.42 Å². The second-order valence-electron chi connectivity index (χ2n) is 3.77. The Kier molecular flexibility index (Phi) is 5.10. The molecule has 1 fully saturated rings. The lowest BCUT2D eigenvalue weighted by Crippen LogP contribution is -2.33. The van der Waals surface area contributed by atoms with Crippen molar-refractivity contribution in [1.29, 1.82) is 0 Å². The number of rotatable bonds is 5. The maximum Gasteiger partial charge on any atom is 0.236 e. The highest BCUT2D eigenvalue weighted by Gasteiger charge is 2.15. The van der Waals surface area contributed by atoms with E-state index in [0.717, 1.165) is 25.9 Å². The number of ether oxygens (including phenoxy) is 1. The van der Waals surface area contributed by atoms with Crippen molar-refractivity contribution in [2.24, 2.45) is 5.73 Å². The van der Waals surface area contributed by atoms with Crippen molar-refractivity contribution >= 4 is 11.8 Å². The third-order valence-corrected chi connectivity index (χ3v) is 2.43. The Morgan fingerprint density at radius 2 is 2.20 bits per heavy atom. The summed E-state index contributed by atoms with van der Waals surface area (Å²) in [6, 6.07) is 0. The molecular formula is C10H18N2O3. The van der Waals surface area contributed by atoms with E-state index in [1.807, 2.05) is 0 Å². The monoisotopic (exact) mass is 214 g/mol. The van der Waals surface area contributed by atoms with Gasteiger partial charge in [-0.1, -0.05) is 0 Å². The first kappa shape index (κ1) is 12.0. The lowest BCUT2D eigenvalue weighted by atomic mass is 10.0. The molecule has 1 atom stereocenters. The zero-order chi connectivity index (χ0) is 11.1. The van der Waals surface area contributed by atoms with Crippen molar-refractivity contribution in [1.82, 2.24) is 5.32 Å². The van der Waals surface area contributed by atoms with Crippen molar-refractivity contribution in [3.05, 3.63) is 0 Å². The summed E-state index contributed by atoms with van der Waals surface area (Å²) >= 11 is 0. The highest BCUT2D eigenvalue weighted by Crippen LogP contribution is 2.16. The molecule has 1 heterocycles. The normalized spacial score (nSPS) is 20.9. The molecular weight excluding hydrogens is 196 g/mol. The van der Waals surface area contributed by atoms with Crippen LogP contribution >= 0.6 is 0 Å². The molecule has 5 nitrogen and oxygen atoms in total. The summed E-state index contributed by atoms with van der Waals surface area (Å²) in [6.07, 6.45) is 4.65. The number of hydrogen-bond donors (Lipinski definition) is 2. The fraction of sp³-hybridized carbons (Fsp3) is 0.800. The summed E-state index contributed by atoms with van der Waals surface area (Å²) in [5.74, 6) is -0.653. The quantitative estimate of drug-likeness (QED) is 0.672. The fourth-order valence-electron chi connectivity index (χ4n) is 1.60. The maximum absolute atomic E-state index is 11.2. The number of primary amides is 1. The minimum Gasteiger partial charge on any atom is -0.378 e. The van der Waals surface area contributed by atoms with E-state index in [4.69, 9.17) is 10.5 Å². The standard InChI is InChI=1S/C10H18N2O3/c11-9(13)7-12-10(14)5-4-8-3-1-2-6-15-8/h8H,1-7H2,(H2,11,13)(H,12,14). The van der Waals surface area contributed by atoms with Gasteiger partial charge in [0.1, 0.15) is 0 Å². The predicted octanol–water partition coefficient (Wildman–Crippen LogP) is -0.0628. The molecule has 15 heavy (non-hydrogen) atoms. The number of nitrogens with two attached hydrogens (primary N) is 1. The molecule has 1 aliphatic heterocycles. The van der Waals surface area contributed by atoms with Crippen LogP contribution in [0.5, 0.6) is 0 Å². The van der Waals surface area contributed by atoms with Crippen LogP contribution in [-0.2, 0) is 14.3 Å². The maximum atomic E-state index is 11.2. The van der Waals surface area contributed by atoms with Crippen LogP contribution < -0.4 is 11.1 Å². The fourth-order valence-corrected chi connectivity index (χ4v) is 1.60. The van der Waals surface area contributed by atoms with Gasteiger partial charge in [-0.25, -0.2) is 0 Å². The average Bonchev–Trinajstić information content (AvgIpc) is 2.25. The summed E-state index contributed by atoms with van der Waals surface area (Å²) in [4.78, 5) is 21.6. The van der Waals surface area contributed by atoms with Crippen molar-refractivity contribution in [2.45, 2.75) is 38.2 Å². The molecule has 1 aliphatic rings. The zero-order valence-electron chi connectivity index (χ0n) is 8.83. The van der Waals surface area contributed by atoms with E-state index in [2.05, 4.69) is 5.32 Å². The molecule has 0 aliphatic carbocycles. The van der Waals surface area contributed by atoms with Crippen LogP contribution in [0.25, 0.3) is 0 Å². The first-order valence-electron chi connectivity index (χ1n) is 5.35. The van der Waals surface area contributed by atoms with Crippen molar-refractivity contribution in [3.63, 3.8) is 0 Å².